The van der Waals surface area contributed by atoms with E-state index in [1.807, 2.05) is 26.8 Å². The van der Waals surface area contributed by atoms with Crippen molar-refractivity contribution in [2.24, 2.45) is 5.73 Å². The van der Waals surface area contributed by atoms with Crippen LogP contribution in [0.1, 0.15) is 37.8 Å². The number of nitro groups is 1. The van der Waals surface area contributed by atoms with Crippen molar-refractivity contribution in [1.82, 2.24) is 0 Å². The Balaban J connectivity index is 2.64. The van der Waals surface area contributed by atoms with Gasteiger partial charge in [-0.1, -0.05) is 12.1 Å². The molecule has 1 fully saturated rings. The van der Waals surface area contributed by atoms with Gasteiger partial charge < -0.3 is 5.73 Å². The monoisotopic (exact) mass is 234 g/mol. The van der Waals surface area contributed by atoms with Gasteiger partial charge >= 0.3 is 0 Å². The zero-order valence-electron chi connectivity index (χ0n) is 10.5. The number of hydrogen-bond donors (Lipinski definition) is 1. The summed E-state index contributed by atoms with van der Waals surface area (Å²) >= 11 is 0. The largest absolute Gasteiger partial charge is 0.325 e. The van der Waals surface area contributed by atoms with Crippen molar-refractivity contribution in [2.45, 2.75) is 44.6 Å². The highest BCUT2D eigenvalue weighted by Gasteiger charge is 2.57. The first-order valence-corrected chi connectivity index (χ1v) is 5.83. The lowest BCUT2D eigenvalue weighted by Crippen LogP contribution is -2.45. The normalized spacial score (nSPS) is 17.9. The molecule has 0 aliphatic heterocycles. The molecule has 4 nitrogen and oxygen atoms in total. The summed E-state index contributed by atoms with van der Waals surface area (Å²) in [4.78, 5) is 10.8. The van der Waals surface area contributed by atoms with E-state index in [0.717, 1.165) is 24.0 Å². The molecule has 0 heterocycles. The van der Waals surface area contributed by atoms with Crippen molar-refractivity contribution in [3.63, 3.8) is 0 Å². The predicted octanol–water partition coefficient (Wildman–Crippen LogP) is 2.67. The van der Waals surface area contributed by atoms with Crippen molar-refractivity contribution in [3.05, 3.63) is 39.4 Å². The van der Waals surface area contributed by atoms with E-state index in [0.29, 0.717) is 0 Å². The third kappa shape index (κ3) is 1.72. The van der Waals surface area contributed by atoms with E-state index in [1.54, 1.807) is 12.1 Å². The second kappa shape index (κ2) is 3.53. The van der Waals surface area contributed by atoms with E-state index in [-0.39, 0.29) is 16.0 Å². The molecule has 0 bridgehead atoms. The first kappa shape index (κ1) is 12.0. The Morgan fingerprint density at radius 3 is 2.41 bits per heavy atom. The third-order valence-corrected chi connectivity index (χ3v) is 3.91. The quantitative estimate of drug-likeness (QED) is 0.645. The number of hydrogen-bond acceptors (Lipinski definition) is 3. The van der Waals surface area contributed by atoms with Crippen LogP contribution in [0, 0.1) is 17.0 Å². The fraction of sp³-hybridized carbons (Fsp3) is 0.538. The second-order valence-corrected chi connectivity index (χ2v) is 5.53. The second-order valence-electron chi connectivity index (χ2n) is 5.53. The lowest BCUT2D eigenvalue weighted by Gasteiger charge is -2.32. The molecule has 1 aliphatic carbocycles. The summed E-state index contributed by atoms with van der Waals surface area (Å²) in [5.41, 5.74) is 7.58. The van der Waals surface area contributed by atoms with Crippen LogP contribution in [0.2, 0.25) is 0 Å². The average molecular weight is 234 g/mol. The molecule has 0 unspecified atom stereocenters. The highest BCUT2D eigenvalue weighted by atomic mass is 16.6. The van der Waals surface area contributed by atoms with E-state index in [9.17, 15) is 10.1 Å². The van der Waals surface area contributed by atoms with Gasteiger partial charge in [-0.2, -0.15) is 0 Å². The topological polar surface area (TPSA) is 69.2 Å². The van der Waals surface area contributed by atoms with Crippen LogP contribution in [0.25, 0.3) is 0 Å². The van der Waals surface area contributed by atoms with Crippen LogP contribution in [0.5, 0.6) is 0 Å². The molecule has 1 aliphatic rings. The average Bonchev–Trinajstić information content (AvgIpc) is 2.96. The van der Waals surface area contributed by atoms with Gasteiger partial charge in [-0.3, -0.25) is 10.1 Å². The summed E-state index contributed by atoms with van der Waals surface area (Å²) in [6.45, 7) is 5.83. The Bertz CT molecular complexity index is 471. The van der Waals surface area contributed by atoms with E-state index >= 15 is 0 Å². The van der Waals surface area contributed by atoms with Gasteiger partial charge in [0.25, 0.3) is 5.69 Å². The van der Waals surface area contributed by atoms with Gasteiger partial charge in [-0.25, -0.2) is 0 Å². The molecular formula is C13H18N2O2. The zero-order chi connectivity index (χ0) is 12.8. The highest BCUT2D eigenvalue weighted by Crippen LogP contribution is 2.57. The van der Waals surface area contributed by atoms with Gasteiger partial charge in [-0.15, -0.1) is 0 Å². The predicted molar refractivity (Wildman–Crippen MR) is 67.0 cm³/mol. The summed E-state index contributed by atoms with van der Waals surface area (Å²) in [7, 11) is 0. The van der Waals surface area contributed by atoms with Crippen molar-refractivity contribution < 1.29 is 4.92 Å². The summed E-state index contributed by atoms with van der Waals surface area (Å²) in [6.07, 6.45) is 1.87. The minimum absolute atomic E-state index is 0.209. The van der Waals surface area contributed by atoms with Crippen LogP contribution < -0.4 is 5.73 Å². The van der Waals surface area contributed by atoms with Gasteiger partial charge in [-0.05, 0) is 39.2 Å². The van der Waals surface area contributed by atoms with Gasteiger partial charge in [0, 0.05) is 22.6 Å². The summed E-state index contributed by atoms with van der Waals surface area (Å²) in [6, 6.07) is 5.23. The van der Waals surface area contributed by atoms with Crippen LogP contribution in [0.15, 0.2) is 18.2 Å². The first-order valence-electron chi connectivity index (χ1n) is 5.83. The van der Waals surface area contributed by atoms with Crippen LogP contribution in [0.4, 0.5) is 5.69 Å². The number of benzene rings is 1. The molecule has 1 aromatic rings. The molecular weight excluding hydrogens is 216 g/mol. The summed E-state index contributed by atoms with van der Waals surface area (Å²) in [5, 5.41) is 11.1. The van der Waals surface area contributed by atoms with Crippen LogP contribution >= 0.6 is 0 Å². The minimum atomic E-state index is -0.427. The van der Waals surface area contributed by atoms with E-state index < -0.39 is 5.54 Å². The lowest BCUT2D eigenvalue weighted by molar-refractivity contribution is -0.386. The zero-order valence-corrected chi connectivity index (χ0v) is 10.5. The molecule has 0 saturated heterocycles. The maximum atomic E-state index is 11.1. The fourth-order valence-electron chi connectivity index (χ4n) is 2.77. The van der Waals surface area contributed by atoms with Gasteiger partial charge in [0.2, 0.25) is 0 Å². The Morgan fingerprint density at radius 2 is 2.00 bits per heavy atom. The van der Waals surface area contributed by atoms with E-state index in [2.05, 4.69) is 0 Å². The summed E-state index contributed by atoms with van der Waals surface area (Å²) < 4.78 is 0. The molecule has 2 N–H and O–H groups in total. The molecule has 92 valence electrons. The SMILES string of the molecule is Cc1cccc([N+](=O)[O-])c1C1(C(C)(C)N)CC1. The van der Waals surface area contributed by atoms with Crippen LogP contribution in [-0.4, -0.2) is 10.5 Å². The molecule has 0 atom stereocenters. The Hall–Kier alpha value is -1.42. The molecule has 17 heavy (non-hydrogen) atoms. The van der Waals surface area contributed by atoms with E-state index in [4.69, 9.17) is 5.73 Å². The number of nitrogens with two attached hydrogens (primary N) is 1. The minimum Gasteiger partial charge on any atom is -0.325 e. The van der Waals surface area contributed by atoms with Crippen molar-refractivity contribution in [2.75, 3.05) is 0 Å². The number of aryl methyl sites for hydroxylation is 1. The lowest BCUT2D eigenvalue weighted by atomic mass is 9.77. The first-order chi connectivity index (χ1) is 7.79. The molecule has 1 aromatic carbocycles. The number of nitro benzene ring substituents is 1. The van der Waals surface area contributed by atoms with Crippen LogP contribution in [0.3, 0.4) is 0 Å². The maximum absolute atomic E-state index is 11.1. The Morgan fingerprint density at radius 1 is 1.41 bits per heavy atom. The van der Waals surface area contributed by atoms with E-state index in [1.165, 1.54) is 0 Å². The third-order valence-electron chi connectivity index (χ3n) is 3.91. The molecule has 0 radical (unpaired) electrons. The van der Waals surface area contributed by atoms with Gasteiger partial charge in [0.15, 0.2) is 0 Å². The molecule has 0 spiro atoms. The summed E-state index contributed by atoms with van der Waals surface area (Å²) in [5.74, 6) is 0. The smallest absolute Gasteiger partial charge is 0.273 e. The standard InChI is InChI=1S/C13H18N2O2/c1-9-5-4-6-10(15(16)17)11(9)13(7-8-13)12(2,3)14/h4-6H,7-8,14H2,1-3H3. The molecule has 0 amide bonds. The van der Waals surface area contributed by atoms with Gasteiger partial charge in [0.05, 0.1) is 4.92 Å². The molecule has 1 saturated carbocycles. The number of rotatable bonds is 3. The van der Waals surface area contributed by atoms with Crippen molar-refractivity contribution in [3.8, 4) is 0 Å². The Kier molecular flexibility index (Phi) is 2.51. The van der Waals surface area contributed by atoms with Crippen molar-refractivity contribution in [1.29, 1.82) is 0 Å². The molecule has 0 aromatic heterocycles. The van der Waals surface area contributed by atoms with Gasteiger partial charge in [0.1, 0.15) is 0 Å². The fourth-order valence-corrected chi connectivity index (χ4v) is 2.77. The maximum Gasteiger partial charge on any atom is 0.273 e. The number of nitrogens with zero attached hydrogens (tertiary/aromatic N) is 1. The van der Waals surface area contributed by atoms with Crippen LogP contribution in [-0.2, 0) is 5.41 Å². The van der Waals surface area contributed by atoms with Crippen molar-refractivity contribution >= 4 is 5.69 Å². The highest BCUT2D eigenvalue weighted by molar-refractivity contribution is 5.54. The molecule has 4 heteroatoms. The molecule has 2 rings (SSSR count). The Labute approximate surface area is 101 Å².